The Balaban J connectivity index is 2.50. The first-order valence-electron chi connectivity index (χ1n) is 5.25. The molecule has 3 aromatic rings. The van der Waals surface area contributed by atoms with Gasteiger partial charge in [0, 0.05) is 27.3 Å². The van der Waals surface area contributed by atoms with E-state index in [1.807, 2.05) is 18.2 Å². The van der Waals surface area contributed by atoms with Crippen molar-refractivity contribution in [3.8, 4) is 0 Å². The smallest absolute Gasteiger partial charge is 0.166 e. The van der Waals surface area contributed by atoms with Crippen molar-refractivity contribution in [3.05, 3.63) is 43.0 Å². The molecule has 0 aliphatic carbocycles. The first-order chi connectivity index (χ1) is 8.88. The number of hydrogen-bond donors (Lipinski definition) is 0. The first-order valence-corrected chi connectivity index (χ1v) is 8.23. The monoisotopic (exact) mass is 504 g/mol. The minimum absolute atomic E-state index is 0.249. The number of halogens is 5. The Bertz CT molecular complexity index is 790. The van der Waals surface area contributed by atoms with E-state index in [1.165, 1.54) is 17.4 Å². The molecule has 1 heterocycles. The van der Waals surface area contributed by atoms with Gasteiger partial charge in [-0.05, 0) is 63.4 Å². The van der Waals surface area contributed by atoms with Gasteiger partial charge < -0.3 is 0 Å². The Morgan fingerprint density at radius 1 is 0.947 bits per heavy atom. The number of rotatable bonds is 0. The van der Waals surface area contributed by atoms with Crippen molar-refractivity contribution in [2.45, 2.75) is 6.18 Å². The maximum atomic E-state index is 13.2. The first kappa shape index (κ1) is 13.9. The highest BCUT2D eigenvalue weighted by atomic mass is 127. The molecule has 19 heavy (non-hydrogen) atoms. The largest absolute Gasteiger partial charge is 0.418 e. The predicted octanol–water partition coefficient (Wildman–Crippen LogP) is 6.28. The molecule has 1 aromatic heterocycles. The highest BCUT2D eigenvalue weighted by Gasteiger charge is 2.36. The molecule has 0 N–H and O–H groups in total. The van der Waals surface area contributed by atoms with Gasteiger partial charge in [0.15, 0.2) is 0 Å². The fraction of sp³-hybridized carbons (Fsp3) is 0.0769. The molecule has 0 aliphatic rings. The molecule has 98 valence electrons. The summed E-state index contributed by atoms with van der Waals surface area (Å²) in [6.07, 6.45) is -4.32. The van der Waals surface area contributed by atoms with Crippen LogP contribution in [0.3, 0.4) is 0 Å². The second-order valence-corrected chi connectivity index (χ2v) is 7.50. The summed E-state index contributed by atoms with van der Waals surface area (Å²) in [6, 6.07) is 9.05. The van der Waals surface area contributed by atoms with Gasteiger partial charge >= 0.3 is 6.18 Å². The number of fused-ring (bicyclic) bond motifs is 3. The Morgan fingerprint density at radius 3 is 2.32 bits per heavy atom. The van der Waals surface area contributed by atoms with Gasteiger partial charge in [-0.1, -0.05) is 12.1 Å². The standard InChI is InChI=1S/C13H5F3I2S/c14-13(15,16)11-9(18)4-3-8-7-2-1-6(17)5-10(7)19-12(8)11/h1-5H. The van der Waals surface area contributed by atoms with E-state index in [1.54, 1.807) is 28.7 Å². The van der Waals surface area contributed by atoms with E-state index in [-0.39, 0.29) is 3.57 Å². The number of alkyl halides is 3. The van der Waals surface area contributed by atoms with Crippen LogP contribution in [0.4, 0.5) is 13.2 Å². The third kappa shape index (κ3) is 2.35. The van der Waals surface area contributed by atoms with Gasteiger partial charge in [-0.15, -0.1) is 11.3 Å². The van der Waals surface area contributed by atoms with E-state index < -0.39 is 11.7 Å². The van der Waals surface area contributed by atoms with Gasteiger partial charge in [0.05, 0.1) is 5.56 Å². The average molecular weight is 504 g/mol. The van der Waals surface area contributed by atoms with Gasteiger partial charge in [-0.25, -0.2) is 0 Å². The van der Waals surface area contributed by atoms with Crippen LogP contribution in [0.2, 0.25) is 0 Å². The zero-order valence-electron chi connectivity index (χ0n) is 9.18. The molecule has 0 aliphatic heterocycles. The normalized spacial score (nSPS) is 12.5. The minimum Gasteiger partial charge on any atom is -0.166 e. The third-order valence-electron chi connectivity index (χ3n) is 2.84. The minimum atomic E-state index is -4.32. The summed E-state index contributed by atoms with van der Waals surface area (Å²) < 4.78 is 42.1. The average Bonchev–Trinajstić information content (AvgIpc) is 2.63. The molecule has 0 nitrogen and oxygen atoms in total. The maximum absolute atomic E-state index is 13.2. The van der Waals surface area contributed by atoms with Crippen molar-refractivity contribution in [2.24, 2.45) is 0 Å². The predicted molar refractivity (Wildman–Crippen MR) is 89.8 cm³/mol. The van der Waals surface area contributed by atoms with Crippen LogP contribution in [0.25, 0.3) is 20.2 Å². The van der Waals surface area contributed by atoms with Crippen molar-refractivity contribution in [1.82, 2.24) is 0 Å². The van der Waals surface area contributed by atoms with Crippen LogP contribution in [0.1, 0.15) is 5.56 Å². The van der Waals surface area contributed by atoms with Crippen LogP contribution in [0, 0.1) is 7.14 Å². The Labute approximate surface area is 138 Å². The molecule has 6 heteroatoms. The molecule has 0 radical (unpaired) electrons. The van der Waals surface area contributed by atoms with Crippen LogP contribution in [-0.2, 0) is 6.18 Å². The van der Waals surface area contributed by atoms with Crippen LogP contribution in [-0.4, -0.2) is 0 Å². The maximum Gasteiger partial charge on any atom is 0.418 e. The van der Waals surface area contributed by atoms with Crippen LogP contribution >= 0.6 is 56.5 Å². The van der Waals surface area contributed by atoms with E-state index in [2.05, 4.69) is 22.6 Å². The summed E-state index contributed by atoms with van der Waals surface area (Å²) in [5.41, 5.74) is -0.512. The molecule has 0 atom stereocenters. The molecule has 0 unspecified atom stereocenters. The summed E-state index contributed by atoms with van der Waals surface area (Å²) in [5.74, 6) is 0. The molecule has 0 spiro atoms. The van der Waals surface area contributed by atoms with Crippen molar-refractivity contribution in [1.29, 1.82) is 0 Å². The van der Waals surface area contributed by atoms with Crippen molar-refractivity contribution < 1.29 is 13.2 Å². The topological polar surface area (TPSA) is 0 Å². The molecule has 2 aromatic carbocycles. The zero-order valence-corrected chi connectivity index (χ0v) is 14.3. The lowest BCUT2D eigenvalue weighted by molar-refractivity contribution is -0.136. The summed E-state index contributed by atoms with van der Waals surface area (Å²) in [4.78, 5) is 0. The van der Waals surface area contributed by atoms with E-state index in [0.717, 1.165) is 13.7 Å². The lowest BCUT2D eigenvalue weighted by Gasteiger charge is -2.09. The fourth-order valence-corrected chi connectivity index (χ4v) is 5.00. The van der Waals surface area contributed by atoms with E-state index >= 15 is 0 Å². The zero-order chi connectivity index (χ0) is 13.8. The number of benzene rings is 2. The van der Waals surface area contributed by atoms with Crippen LogP contribution in [0.15, 0.2) is 30.3 Å². The number of hydrogen-bond acceptors (Lipinski definition) is 1. The molecule has 0 saturated carbocycles. The molecule has 0 fully saturated rings. The van der Waals surface area contributed by atoms with Crippen molar-refractivity contribution in [2.75, 3.05) is 0 Å². The molecule has 0 bridgehead atoms. The van der Waals surface area contributed by atoms with Gasteiger partial charge in [0.1, 0.15) is 0 Å². The molecule has 0 saturated heterocycles. The van der Waals surface area contributed by atoms with Crippen molar-refractivity contribution >= 4 is 76.7 Å². The van der Waals surface area contributed by atoms with E-state index in [0.29, 0.717) is 10.1 Å². The highest BCUT2D eigenvalue weighted by molar-refractivity contribution is 14.1. The summed E-state index contributed by atoms with van der Waals surface area (Å²) in [6.45, 7) is 0. The van der Waals surface area contributed by atoms with E-state index in [4.69, 9.17) is 0 Å². The lowest BCUT2D eigenvalue weighted by Crippen LogP contribution is -2.07. The molecule has 3 rings (SSSR count). The summed E-state index contributed by atoms with van der Waals surface area (Å²) in [7, 11) is 0. The SMILES string of the molecule is FC(F)(F)c1c(I)ccc2c1sc1cc(I)ccc12. The molecule has 0 amide bonds. The van der Waals surface area contributed by atoms with Crippen LogP contribution in [0.5, 0.6) is 0 Å². The van der Waals surface area contributed by atoms with Gasteiger partial charge in [-0.3, -0.25) is 0 Å². The molecular weight excluding hydrogens is 499 g/mol. The van der Waals surface area contributed by atoms with Gasteiger partial charge in [-0.2, -0.15) is 13.2 Å². The lowest BCUT2D eigenvalue weighted by atomic mass is 10.1. The second kappa shape index (κ2) is 4.73. The Hall–Kier alpha value is -0.0900. The highest BCUT2D eigenvalue weighted by Crippen LogP contribution is 2.44. The molecular formula is C13H5F3I2S. The van der Waals surface area contributed by atoms with Crippen LogP contribution < -0.4 is 0 Å². The Morgan fingerprint density at radius 2 is 1.63 bits per heavy atom. The quantitative estimate of drug-likeness (QED) is 0.317. The third-order valence-corrected chi connectivity index (χ3v) is 5.59. The summed E-state index contributed by atoms with van der Waals surface area (Å²) in [5, 5.41) is 1.58. The van der Waals surface area contributed by atoms with Gasteiger partial charge in [0.25, 0.3) is 0 Å². The van der Waals surface area contributed by atoms with Gasteiger partial charge in [0.2, 0.25) is 0 Å². The number of thiophene rings is 1. The van der Waals surface area contributed by atoms with E-state index in [9.17, 15) is 13.2 Å². The summed E-state index contributed by atoms with van der Waals surface area (Å²) >= 11 is 5.13. The second-order valence-electron chi connectivity index (χ2n) is 4.04. The van der Waals surface area contributed by atoms with Crippen molar-refractivity contribution in [3.63, 3.8) is 0 Å². The Kier molecular flexibility index (Phi) is 3.45. The fourth-order valence-electron chi connectivity index (χ4n) is 2.05.